The van der Waals surface area contributed by atoms with Crippen molar-refractivity contribution in [2.75, 3.05) is 18.9 Å². The van der Waals surface area contributed by atoms with Gasteiger partial charge in [-0.1, -0.05) is 18.7 Å². The topological polar surface area (TPSA) is 51.2 Å². The van der Waals surface area contributed by atoms with Crippen molar-refractivity contribution in [3.05, 3.63) is 11.6 Å². The Hall–Kier alpha value is -0.590. The van der Waals surface area contributed by atoms with Gasteiger partial charge in [0.15, 0.2) is 0 Å². The first-order valence-corrected chi connectivity index (χ1v) is 8.06. The van der Waals surface area contributed by atoms with Crippen LogP contribution in [-0.4, -0.2) is 35.9 Å². The van der Waals surface area contributed by atoms with E-state index in [1.54, 1.807) is 29.3 Å². The van der Waals surface area contributed by atoms with Crippen LogP contribution >= 0.6 is 23.1 Å². The highest BCUT2D eigenvalue weighted by molar-refractivity contribution is 8.00. The summed E-state index contributed by atoms with van der Waals surface area (Å²) in [6, 6.07) is -0.197. The summed E-state index contributed by atoms with van der Waals surface area (Å²) in [5.41, 5.74) is 0. The van der Waals surface area contributed by atoms with E-state index in [0.29, 0.717) is 6.61 Å². The van der Waals surface area contributed by atoms with E-state index in [1.807, 2.05) is 12.3 Å². The number of aromatic nitrogens is 1. The maximum Gasteiger partial charge on any atom is 0.323 e. The molecule has 0 fully saturated rings. The molecule has 0 saturated carbocycles. The molecule has 1 heterocycles. The lowest BCUT2D eigenvalue weighted by Crippen LogP contribution is -2.39. The summed E-state index contributed by atoms with van der Waals surface area (Å²) < 4.78 is 6.11. The molecule has 0 saturated heterocycles. The molecule has 1 N–H and O–H groups in total. The fraction of sp³-hybridized carbons (Fsp3) is 0.667. The molecule has 0 aliphatic carbocycles. The van der Waals surface area contributed by atoms with Crippen LogP contribution in [0.2, 0.25) is 0 Å². The van der Waals surface area contributed by atoms with Crippen molar-refractivity contribution in [3.63, 3.8) is 0 Å². The van der Waals surface area contributed by atoms with Gasteiger partial charge in [0.05, 0.1) is 6.61 Å². The number of nitrogens with zero attached hydrogens (tertiary/aromatic N) is 1. The highest BCUT2D eigenvalue weighted by atomic mass is 32.2. The van der Waals surface area contributed by atoms with Gasteiger partial charge in [-0.2, -0.15) is 0 Å². The van der Waals surface area contributed by atoms with E-state index >= 15 is 0 Å². The normalized spacial score (nSPS) is 12.3. The van der Waals surface area contributed by atoms with Gasteiger partial charge < -0.3 is 10.1 Å². The number of carbonyl (C=O) groups excluding carboxylic acids is 1. The molecule has 0 radical (unpaired) electrons. The minimum Gasteiger partial charge on any atom is -0.465 e. The summed E-state index contributed by atoms with van der Waals surface area (Å²) in [6.07, 6.45) is 3.57. The van der Waals surface area contributed by atoms with Crippen molar-refractivity contribution < 1.29 is 9.53 Å². The van der Waals surface area contributed by atoms with E-state index in [2.05, 4.69) is 17.2 Å². The molecular formula is C12H20N2O2S2. The number of carbonyl (C=O) groups is 1. The first kappa shape index (κ1) is 15.5. The smallest absolute Gasteiger partial charge is 0.323 e. The van der Waals surface area contributed by atoms with Crippen LogP contribution in [0.1, 0.15) is 26.7 Å². The quantitative estimate of drug-likeness (QED) is 0.559. The minimum absolute atomic E-state index is 0.148. The predicted molar refractivity (Wildman–Crippen MR) is 76.2 cm³/mol. The number of nitrogens with one attached hydrogen (secondary N) is 1. The van der Waals surface area contributed by atoms with E-state index < -0.39 is 0 Å². The molecule has 1 unspecified atom stereocenters. The Morgan fingerprint density at radius 3 is 3.06 bits per heavy atom. The van der Waals surface area contributed by atoms with Crippen LogP contribution in [0.25, 0.3) is 0 Å². The third kappa shape index (κ3) is 5.84. The van der Waals surface area contributed by atoms with Crippen LogP contribution in [0.15, 0.2) is 15.9 Å². The number of esters is 1. The summed E-state index contributed by atoms with van der Waals surface area (Å²) >= 11 is 3.31. The standard InChI is InChI=1S/C12H20N2O2S2/c1-3-6-13-10(11(15)16-4-2)5-8-17-12-14-7-9-18-12/h7,9-10,13H,3-6,8H2,1-2H3. The Kier molecular flexibility index (Phi) is 8.04. The average molecular weight is 288 g/mol. The van der Waals surface area contributed by atoms with Crippen LogP contribution < -0.4 is 5.32 Å². The third-order valence-corrected chi connectivity index (χ3v) is 4.25. The lowest BCUT2D eigenvalue weighted by Gasteiger charge is -2.16. The van der Waals surface area contributed by atoms with Crippen molar-refractivity contribution in [1.82, 2.24) is 10.3 Å². The number of thioether (sulfide) groups is 1. The van der Waals surface area contributed by atoms with Crippen LogP contribution in [0.4, 0.5) is 0 Å². The van der Waals surface area contributed by atoms with Crippen LogP contribution in [0.3, 0.4) is 0 Å². The number of ether oxygens (including phenoxy) is 1. The van der Waals surface area contributed by atoms with Crippen molar-refractivity contribution in [2.24, 2.45) is 0 Å². The van der Waals surface area contributed by atoms with Gasteiger partial charge in [-0.05, 0) is 26.3 Å². The second-order valence-corrected chi connectivity index (χ2v) is 5.93. The summed E-state index contributed by atoms with van der Waals surface area (Å²) in [7, 11) is 0. The molecule has 18 heavy (non-hydrogen) atoms. The molecule has 0 aromatic carbocycles. The molecule has 0 aliphatic rings. The van der Waals surface area contributed by atoms with Gasteiger partial charge in [-0.15, -0.1) is 11.3 Å². The van der Waals surface area contributed by atoms with E-state index in [-0.39, 0.29) is 12.0 Å². The molecule has 6 heteroatoms. The summed E-state index contributed by atoms with van der Waals surface area (Å²) in [4.78, 5) is 15.9. The van der Waals surface area contributed by atoms with Gasteiger partial charge in [0.25, 0.3) is 0 Å². The van der Waals surface area contributed by atoms with Gasteiger partial charge in [-0.3, -0.25) is 4.79 Å². The van der Waals surface area contributed by atoms with Gasteiger partial charge in [-0.25, -0.2) is 4.98 Å². The number of hydrogen-bond donors (Lipinski definition) is 1. The van der Waals surface area contributed by atoms with Gasteiger partial charge >= 0.3 is 5.97 Å². The summed E-state index contributed by atoms with van der Waals surface area (Å²) in [5.74, 6) is 0.721. The SMILES string of the molecule is CCCNC(CCSc1nccs1)C(=O)OCC. The van der Waals surface area contributed by atoms with E-state index in [9.17, 15) is 4.79 Å². The number of hydrogen-bond acceptors (Lipinski definition) is 6. The Labute approximate surface area is 117 Å². The van der Waals surface area contributed by atoms with E-state index in [1.165, 1.54) is 0 Å². The molecule has 1 aromatic rings. The van der Waals surface area contributed by atoms with Crippen molar-refractivity contribution in [3.8, 4) is 0 Å². The molecule has 1 rings (SSSR count). The molecule has 102 valence electrons. The van der Waals surface area contributed by atoms with Gasteiger partial charge in [0.2, 0.25) is 0 Å². The van der Waals surface area contributed by atoms with Crippen LogP contribution in [-0.2, 0) is 9.53 Å². The lowest BCUT2D eigenvalue weighted by atomic mass is 10.2. The number of thiazole rings is 1. The average Bonchev–Trinajstić information content (AvgIpc) is 2.86. The zero-order valence-electron chi connectivity index (χ0n) is 10.8. The molecule has 4 nitrogen and oxygen atoms in total. The summed E-state index contributed by atoms with van der Waals surface area (Å²) in [5, 5.41) is 5.19. The molecule has 0 spiro atoms. The van der Waals surface area contributed by atoms with Crippen molar-refractivity contribution >= 4 is 29.1 Å². The second-order valence-electron chi connectivity index (χ2n) is 3.69. The van der Waals surface area contributed by atoms with Gasteiger partial charge in [0.1, 0.15) is 10.4 Å². The predicted octanol–water partition coefficient (Wildman–Crippen LogP) is 2.56. The fourth-order valence-corrected chi connectivity index (χ4v) is 3.12. The monoisotopic (exact) mass is 288 g/mol. The largest absolute Gasteiger partial charge is 0.465 e. The third-order valence-electron chi connectivity index (χ3n) is 2.25. The van der Waals surface area contributed by atoms with Gasteiger partial charge in [0, 0.05) is 17.3 Å². The number of rotatable bonds is 9. The van der Waals surface area contributed by atoms with Crippen LogP contribution in [0, 0.1) is 0 Å². The summed E-state index contributed by atoms with van der Waals surface area (Å²) in [6.45, 7) is 5.19. The highest BCUT2D eigenvalue weighted by Gasteiger charge is 2.18. The van der Waals surface area contributed by atoms with Crippen molar-refractivity contribution in [1.29, 1.82) is 0 Å². The first-order chi connectivity index (χ1) is 8.77. The van der Waals surface area contributed by atoms with E-state index in [0.717, 1.165) is 29.5 Å². The van der Waals surface area contributed by atoms with E-state index in [4.69, 9.17) is 4.74 Å². The van der Waals surface area contributed by atoms with Crippen molar-refractivity contribution in [2.45, 2.75) is 37.1 Å². The first-order valence-electron chi connectivity index (χ1n) is 6.20. The molecule has 1 aromatic heterocycles. The fourth-order valence-electron chi connectivity index (χ4n) is 1.41. The Morgan fingerprint density at radius 2 is 2.44 bits per heavy atom. The highest BCUT2D eigenvalue weighted by Crippen LogP contribution is 2.21. The molecule has 1 atom stereocenters. The Bertz CT molecular complexity index is 331. The second kappa shape index (κ2) is 9.35. The zero-order valence-corrected chi connectivity index (χ0v) is 12.5. The Morgan fingerprint density at radius 1 is 1.61 bits per heavy atom. The zero-order chi connectivity index (χ0) is 13.2. The molecule has 0 aliphatic heterocycles. The van der Waals surface area contributed by atoms with Crippen LogP contribution in [0.5, 0.6) is 0 Å². The Balaban J connectivity index is 2.32. The lowest BCUT2D eigenvalue weighted by molar-refractivity contribution is -0.145. The molecule has 0 amide bonds. The molecule has 0 bridgehead atoms. The minimum atomic E-state index is -0.197. The maximum absolute atomic E-state index is 11.7. The maximum atomic E-state index is 11.7. The molecular weight excluding hydrogens is 268 g/mol.